The molecule has 0 saturated heterocycles. The van der Waals surface area contributed by atoms with E-state index in [0.717, 1.165) is 11.3 Å². The van der Waals surface area contributed by atoms with Gasteiger partial charge in [0.05, 0.1) is 23.1 Å². The lowest BCUT2D eigenvalue weighted by atomic mass is 10.0. The molecule has 2 rings (SSSR count). The predicted molar refractivity (Wildman–Crippen MR) is 86.8 cm³/mol. The summed E-state index contributed by atoms with van der Waals surface area (Å²) in [6.07, 6.45) is 1.46. The Hall–Kier alpha value is -2.63. The molecule has 1 unspecified atom stereocenters. The van der Waals surface area contributed by atoms with E-state index in [1.165, 1.54) is 6.20 Å². The van der Waals surface area contributed by atoms with E-state index in [-0.39, 0.29) is 5.92 Å². The summed E-state index contributed by atoms with van der Waals surface area (Å²) >= 11 is 0. The van der Waals surface area contributed by atoms with Crippen molar-refractivity contribution < 1.29 is 14.7 Å². The Bertz CT molecular complexity index is 734. The first-order valence-corrected chi connectivity index (χ1v) is 7.46. The highest BCUT2D eigenvalue weighted by Gasteiger charge is 2.25. The van der Waals surface area contributed by atoms with Crippen molar-refractivity contribution in [3.8, 4) is 5.69 Å². The molecule has 0 fully saturated rings. The molecule has 1 amide bonds. The van der Waals surface area contributed by atoms with Crippen LogP contribution in [-0.2, 0) is 4.79 Å². The Labute approximate surface area is 135 Å². The fraction of sp³-hybridized carbons (Fsp3) is 0.353. The second kappa shape index (κ2) is 6.64. The molecule has 0 radical (unpaired) electrons. The van der Waals surface area contributed by atoms with Crippen LogP contribution in [0.4, 0.5) is 0 Å². The highest BCUT2D eigenvalue weighted by Crippen LogP contribution is 2.16. The Balaban J connectivity index is 2.28. The van der Waals surface area contributed by atoms with Crippen molar-refractivity contribution in [1.82, 2.24) is 15.1 Å². The number of hydrogen-bond donors (Lipinski definition) is 2. The van der Waals surface area contributed by atoms with Crippen LogP contribution in [0.25, 0.3) is 5.69 Å². The lowest BCUT2D eigenvalue weighted by molar-refractivity contribution is -0.140. The molecule has 1 aromatic carbocycles. The second-order valence-corrected chi connectivity index (χ2v) is 5.93. The minimum atomic E-state index is -1.04. The first-order chi connectivity index (χ1) is 10.8. The van der Waals surface area contributed by atoms with E-state index in [9.17, 15) is 14.7 Å². The van der Waals surface area contributed by atoms with E-state index in [0.29, 0.717) is 11.3 Å². The van der Waals surface area contributed by atoms with Crippen LogP contribution in [-0.4, -0.2) is 32.8 Å². The number of aliphatic carboxylic acids is 1. The third-order valence-corrected chi connectivity index (χ3v) is 3.72. The molecule has 2 aromatic rings. The number of amides is 1. The topological polar surface area (TPSA) is 84.2 Å². The SMILES string of the molecule is Cc1cccc(-n2ncc(C(=O)NC(C(=O)O)C(C)C)c2C)c1. The van der Waals surface area contributed by atoms with Crippen LogP contribution >= 0.6 is 0 Å². The van der Waals surface area contributed by atoms with Crippen molar-refractivity contribution in [3.63, 3.8) is 0 Å². The van der Waals surface area contributed by atoms with Crippen molar-refractivity contribution >= 4 is 11.9 Å². The van der Waals surface area contributed by atoms with Gasteiger partial charge in [0, 0.05) is 0 Å². The largest absolute Gasteiger partial charge is 0.480 e. The van der Waals surface area contributed by atoms with Crippen molar-refractivity contribution in [2.24, 2.45) is 5.92 Å². The van der Waals surface area contributed by atoms with Gasteiger partial charge in [-0.2, -0.15) is 5.10 Å². The van der Waals surface area contributed by atoms with Crippen LogP contribution in [0, 0.1) is 19.8 Å². The summed E-state index contributed by atoms with van der Waals surface area (Å²) in [5.74, 6) is -1.68. The highest BCUT2D eigenvalue weighted by molar-refractivity contribution is 5.97. The summed E-state index contributed by atoms with van der Waals surface area (Å²) in [5, 5.41) is 16.0. The summed E-state index contributed by atoms with van der Waals surface area (Å²) in [7, 11) is 0. The van der Waals surface area contributed by atoms with E-state index in [4.69, 9.17) is 0 Å². The number of benzene rings is 1. The molecule has 0 aliphatic rings. The van der Waals surface area contributed by atoms with Gasteiger partial charge < -0.3 is 10.4 Å². The number of carbonyl (C=O) groups is 2. The summed E-state index contributed by atoms with van der Waals surface area (Å²) < 4.78 is 1.67. The number of carboxylic acid groups (broad SMARTS) is 1. The normalized spacial score (nSPS) is 12.2. The van der Waals surface area contributed by atoms with Gasteiger partial charge in [-0.25, -0.2) is 9.48 Å². The zero-order valence-electron chi connectivity index (χ0n) is 13.7. The number of aromatic nitrogens is 2. The molecule has 1 aromatic heterocycles. The third kappa shape index (κ3) is 3.59. The van der Waals surface area contributed by atoms with Gasteiger partial charge in [-0.15, -0.1) is 0 Å². The number of hydrogen-bond acceptors (Lipinski definition) is 3. The summed E-state index contributed by atoms with van der Waals surface area (Å²) in [6.45, 7) is 7.27. The average molecular weight is 315 g/mol. The van der Waals surface area contributed by atoms with E-state index in [1.54, 1.807) is 25.5 Å². The summed E-state index contributed by atoms with van der Waals surface area (Å²) in [4.78, 5) is 23.6. The Morgan fingerprint density at radius 2 is 1.96 bits per heavy atom. The molecule has 2 N–H and O–H groups in total. The lowest BCUT2D eigenvalue weighted by Crippen LogP contribution is -2.44. The Morgan fingerprint density at radius 1 is 1.26 bits per heavy atom. The molecule has 1 atom stereocenters. The Kier molecular flexibility index (Phi) is 4.83. The van der Waals surface area contributed by atoms with Crippen molar-refractivity contribution in [1.29, 1.82) is 0 Å². The van der Waals surface area contributed by atoms with Crippen molar-refractivity contribution in [3.05, 3.63) is 47.3 Å². The van der Waals surface area contributed by atoms with Gasteiger partial charge >= 0.3 is 5.97 Å². The van der Waals surface area contributed by atoms with Crippen molar-refractivity contribution in [2.45, 2.75) is 33.7 Å². The standard InChI is InChI=1S/C17H21N3O3/c1-10(2)15(17(22)23)19-16(21)14-9-18-20(12(14)4)13-7-5-6-11(3)8-13/h5-10,15H,1-4H3,(H,19,21)(H,22,23). The molecule has 6 heteroatoms. The van der Waals surface area contributed by atoms with Gasteiger partial charge in [0.25, 0.3) is 5.91 Å². The molecular formula is C17H21N3O3. The smallest absolute Gasteiger partial charge is 0.326 e. The maximum absolute atomic E-state index is 12.4. The van der Waals surface area contributed by atoms with Gasteiger partial charge in [-0.1, -0.05) is 26.0 Å². The summed E-state index contributed by atoms with van der Waals surface area (Å²) in [6, 6.07) is 6.85. The van der Waals surface area contributed by atoms with Crippen LogP contribution in [0.3, 0.4) is 0 Å². The molecule has 0 spiro atoms. The monoisotopic (exact) mass is 315 g/mol. The molecule has 0 saturated carbocycles. The molecule has 6 nitrogen and oxygen atoms in total. The zero-order valence-corrected chi connectivity index (χ0v) is 13.7. The molecule has 0 aliphatic heterocycles. The quantitative estimate of drug-likeness (QED) is 0.887. The Morgan fingerprint density at radius 3 is 2.52 bits per heavy atom. The van der Waals surface area contributed by atoms with Gasteiger partial charge in [0.2, 0.25) is 0 Å². The van der Waals surface area contributed by atoms with Crippen LogP contribution in [0.5, 0.6) is 0 Å². The van der Waals surface area contributed by atoms with Crippen LogP contribution in [0.2, 0.25) is 0 Å². The van der Waals surface area contributed by atoms with E-state index in [1.807, 2.05) is 31.2 Å². The van der Waals surface area contributed by atoms with Gasteiger partial charge in [0.15, 0.2) is 0 Å². The minimum absolute atomic E-state index is 0.205. The number of aryl methyl sites for hydroxylation is 1. The molecule has 0 aliphatic carbocycles. The average Bonchev–Trinajstić information content (AvgIpc) is 2.85. The zero-order chi connectivity index (χ0) is 17.1. The molecular weight excluding hydrogens is 294 g/mol. The number of carboxylic acids is 1. The van der Waals surface area contributed by atoms with Crippen LogP contribution < -0.4 is 5.32 Å². The minimum Gasteiger partial charge on any atom is -0.480 e. The van der Waals surface area contributed by atoms with Crippen LogP contribution in [0.15, 0.2) is 30.5 Å². The fourth-order valence-corrected chi connectivity index (χ4v) is 2.39. The first kappa shape index (κ1) is 16.7. The lowest BCUT2D eigenvalue weighted by Gasteiger charge is -2.17. The van der Waals surface area contributed by atoms with E-state index in [2.05, 4.69) is 10.4 Å². The van der Waals surface area contributed by atoms with Crippen molar-refractivity contribution in [2.75, 3.05) is 0 Å². The predicted octanol–water partition coefficient (Wildman–Crippen LogP) is 2.33. The molecule has 0 bridgehead atoms. The summed E-state index contributed by atoms with van der Waals surface area (Å²) in [5.41, 5.74) is 2.99. The first-order valence-electron chi connectivity index (χ1n) is 7.46. The fourth-order valence-electron chi connectivity index (χ4n) is 2.39. The van der Waals surface area contributed by atoms with Gasteiger partial charge in [0.1, 0.15) is 6.04 Å². The third-order valence-electron chi connectivity index (χ3n) is 3.72. The number of nitrogens with one attached hydrogen (secondary N) is 1. The molecule has 122 valence electrons. The van der Waals surface area contributed by atoms with Gasteiger partial charge in [-0.05, 0) is 37.5 Å². The highest BCUT2D eigenvalue weighted by atomic mass is 16.4. The van der Waals surface area contributed by atoms with Crippen LogP contribution in [0.1, 0.15) is 35.5 Å². The van der Waals surface area contributed by atoms with E-state index < -0.39 is 17.9 Å². The number of rotatable bonds is 5. The maximum atomic E-state index is 12.4. The second-order valence-electron chi connectivity index (χ2n) is 5.93. The molecule has 1 heterocycles. The van der Waals surface area contributed by atoms with E-state index >= 15 is 0 Å². The maximum Gasteiger partial charge on any atom is 0.326 e. The molecule has 23 heavy (non-hydrogen) atoms. The van der Waals surface area contributed by atoms with Gasteiger partial charge in [-0.3, -0.25) is 4.79 Å². The number of carbonyl (C=O) groups excluding carboxylic acids is 1. The number of nitrogens with zero attached hydrogens (tertiary/aromatic N) is 2.